The maximum absolute atomic E-state index is 13.2. The topological polar surface area (TPSA) is 78.5 Å². The summed E-state index contributed by atoms with van der Waals surface area (Å²) < 4.78 is 53.0. The highest BCUT2D eigenvalue weighted by molar-refractivity contribution is 7.89. The molecule has 0 radical (unpaired) electrons. The van der Waals surface area contributed by atoms with Gasteiger partial charge in [-0.25, -0.2) is 21.9 Å². The predicted octanol–water partition coefficient (Wildman–Crippen LogP) is 2.45. The molecule has 0 unspecified atom stereocenters. The number of nitrogens with zero attached hydrogens (tertiary/aromatic N) is 1. The number of carbonyl (C=O) groups is 1. The molecule has 0 aromatic heterocycles. The Kier molecular flexibility index (Phi) is 7.00. The van der Waals surface area contributed by atoms with Gasteiger partial charge in [0.15, 0.2) is 11.6 Å². The first-order valence-electron chi connectivity index (χ1n) is 8.20. The Labute approximate surface area is 157 Å². The van der Waals surface area contributed by atoms with Gasteiger partial charge < -0.3 is 10.2 Å². The highest BCUT2D eigenvalue weighted by atomic mass is 32.2. The van der Waals surface area contributed by atoms with Gasteiger partial charge >= 0.3 is 0 Å². The first-order chi connectivity index (χ1) is 12.7. The monoisotopic (exact) mass is 397 g/mol. The Bertz CT molecular complexity index is 901. The van der Waals surface area contributed by atoms with Crippen LogP contribution in [0.15, 0.2) is 47.4 Å². The second-order valence-corrected chi connectivity index (χ2v) is 7.93. The third-order valence-corrected chi connectivity index (χ3v) is 5.16. The van der Waals surface area contributed by atoms with Gasteiger partial charge in [-0.05, 0) is 63.5 Å². The zero-order valence-corrected chi connectivity index (χ0v) is 15.8. The molecular weight excluding hydrogens is 376 g/mol. The van der Waals surface area contributed by atoms with Gasteiger partial charge in [-0.1, -0.05) is 0 Å². The molecule has 1 amide bonds. The fourth-order valence-electron chi connectivity index (χ4n) is 2.25. The lowest BCUT2D eigenvalue weighted by atomic mass is 10.2. The number of halogens is 2. The van der Waals surface area contributed by atoms with E-state index in [1.54, 1.807) is 0 Å². The summed E-state index contributed by atoms with van der Waals surface area (Å²) in [5.74, 6) is -2.65. The van der Waals surface area contributed by atoms with E-state index in [4.69, 9.17) is 0 Å². The van der Waals surface area contributed by atoms with Crippen LogP contribution in [0.5, 0.6) is 0 Å². The minimum absolute atomic E-state index is 0.0386. The molecule has 9 heteroatoms. The van der Waals surface area contributed by atoms with Gasteiger partial charge in [-0.15, -0.1) is 0 Å². The minimum Gasteiger partial charge on any atom is -0.322 e. The standard InChI is InChI=1S/C18H21F2N3O3S/c1-23(2)11-3-10-21-27(25,26)15-7-4-13(5-8-15)18(24)22-14-6-9-16(19)17(20)12-14/h4-9,12,21H,3,10-11H2,1-2H3,(H,22,24). The van der Waals surface area contributed by atoms with Crippen LogP contribution in [0, 0.1) is 11.6 Å². The lowest BCUT2D eigenvalue weighted by Gasteiger charge is -2.11. The summed E-state index contributed by atoms with van der Waals surface area (Å²) in [5.41, 5.74) is 0.282. The molecule has 27 heavy (non-hydrogen) atoms. The summed E-state index contributed by atoms with van der Waals surface area (Å²) in [6, 6.07) is 8.33. The van der Waals surface area contributed by atoms with Crippen molar-refractivity contribution in [2.24, 2.45) is 0 Å². The smallest absolute Gasteiger partial charge is 0.255 e. The third-order valence-electron chi connectivity index (χ3n) is 3.68. The Balaban J connectivity index is 2.00. The number of hydrogen-bond donors (Lipinski definition) is 2. The SMILES string of the molecule is CN(C)CCCNS(=O)(=O)c1ccc(C(=O)Nc2ccc(F)c(F)c2)cc1. The predicted molar refractivity (Wildman–Crippen MR) is 99.1 cm³/mol. The summed E-state index contributed by atoms with van der Waals surface area (Å²) >= 11 is 0. The van der Waals surface area contributed by atoms with Crippen molar-refractivity contribution in [3.8, 4) is 0 Å². The van der Waals surface area contributed by atoms with Gasteiger partial charge in [-0.2, -0.15) is 0 Å². The van der Waals surface area contributed by atoms with E-state index in [0.717, 1.165) is 18.7 Å². The number of nitrogens with one attached hydrogen (secondary N) is 2. The molecule has 6 nitrogen and oxygen atoms in total. The number of anilines is 1. The molecular formula is C18H21F2N3O3S. The maximum Gasteiger partial charge on any atom is 0.255 e. The first-order valence-corrected chi connectivity index (χ1v) is 9.68. The molecule has 0 aliphatic rings. The van der Waals surface area contributed by atoms with E-state index in [-0.39, 0.29) is 16.1 Å². The summed E-state index contributed by atoms with van der Waals surface area (Å²) in [5, 5.41) is 2.42. The molecule has 0 aliphatic carbocycles. The van der Waals surface area contributed by atoms with Crippen LogP contribution >= 0.6 is 0 Å². The molecule has 0 atom stereocenters. The van der Waals surface area contributed by atoms with Gasteiger partial charge in [-0.3, -0.25) is 4.79 Å². The lowest BCUT2D eigenvalue weighted by Crippen LogP contribution is -2.27. The van der Waals surface area contributed by atoms with E-state index in [9.17, 15) is 22.0 Å². The van der Waals surface area contributed by atoms with E-state index in [1.807, 2.05) is 19.0 Å². The summed E-state index contributed by atoms with van der Waals surface area (Å²) in [4.78, 5) is 14.1. The molecule has 0 aliphatic heterocycles. The second-order valence-electron chi connectivity index (χ2n) is 6.16. The normalized spacial score (nSPS) is 11.6. The quantitative estimate of drug-likeness (QED) is 0.671. The third kappa shape index (κ3) is 6.09. The molecule has 2 aromatic carbocycles. The maximum atomic E-state index is 13.2. The van der Waals surface area contributed by atoms with Crippen LogP contribution < -0.4 is 10.0 Å². The number of carbonyl (C=O) groups excluding carboxylic acids is 1. The van der Waals surface area contributed by atoms with Crippen molar-refractivity contribution in [3.05, 3.63) is 59.7 Å². The number of amides is 1. The molecule has 2 N–H and O–H groups in total. The lowest BCUT2D eigenvalue weighted by molar-refractivity contribution is 0.102. The van der Waals surface area contributed by atoms with Crippen molar-refractivity contribution in [1.29, 1.82) is 0 Å². The van der Waals surface area contributed by atoms with Crippen LogP contribution in [0.3, 0.4) is 0 Å². The van der Waals surface area contributed by atoms with Crippen molar-refractivity contribution in [3.63, 3.8) is 0 Å². The molecule has 0 bridgehead atoms. The van der Waals surface area contributed by atoms with Crippen LogP contribution in [0.25, 0.3) is 0 Å². The zero-order chi connectivity index (χ0) is 20.0. The zero-order valence-electron chi connectivity index (χ0n) is 15.0. The molecule has 2 rings (SSSR count). The van der Waals surface area contributed by atoms with Gasteiger partial charge in [0.1, 0.15) is 0 Å². The van der Waals surface area contributed by atoms with Crippen LogP contribution in [0.1, 0.15) is 16.8 Å². The highest BCUT2D eigenvalue weighted by Crippen LogP contribution is 2.16. The van der Waals surface area contributed by atoms with Gasteiger partial charge in [0.25, 0.3) is 5.91 Å². The van der Waals surface area contributed by atoms with Crippen molar-refractivity contribution >= 4 is 21.6 Å². The van der Waals surface area contributed by atoms with Crippen molar-refractivity contribution < 1.29 is 22.0 Å². The van der Waals surface area contributed by atoms with Gasteiger partial charge in [0.2, 0.25) is 10.0 Å². The van der Waals surface area contributed by atoms with Crippen molar-refractivity contribution in [2.75, 3.05) is 32.5 Å². The average molecular weight is 397 g/mol. The largest absolute Gasteiger partial charge is 0.322 e. The fraction of sp³-hybridized carbons (Fsp3) is 0.278. The van der Waals surface area contributed by atoms with Gasteiger partial charge in [0.05, 0.1) is 4.90 Å². The Morgan fingerprint density at radius 1 is 1.04 bits per heavy atom. The van der Waals surface area contributed by atoms with E-state index in [1.165, 1.54) is 30.3 Å². The molecule has 0 fully saturated rings. The summed E-state index contributed by atoms with van der Waals surface area (Å²) in [6.07, 6.45) is 0.668. The summed E-state index contributed by atoms with van der Waals surface area (Å²) in [6.45, 7) is 1.06. The van der Waals surface area contributed by atoms with E-state index < -0.39 is 27.6 Å². The van der Waals surface area contributed by atoms with Gasteiger partial charge in [0, 0.05) is 23.9 Å². The second kappa shape index (κ2) is 9.03. The Morgan fingerprint density at radius 2 is 1.70 bits per heavy atom. The average Bonchev–Trinajstić information content (AvgIpc) is 2.62. The number of rotatable bonds is 8. The number of hydrogen-bond acceptors (Lipinski definition) is 4. The van der Waals surface area contributed by atoms with E-state index >= 15 is 0 Å². The molecule has 146 valence electrons. The molecule has 0 heterocycles. The fourth-order valence-corrected chi connectivity index (χ4v) is 3.32. The minimum atomic E-state index is -3.66. The Hall–Kier alpha value is -2.36. The highest BCUT2D eigenvalue weighted by Gasteiger charge is 2.15. The van der Waals surface area contributed by atoms with Crippen LogP contribution in [0.4, 0.5) is 14.5 Å². The molecule has 0 saturated carbocycles. The van der Waals surface area contributed by atoms with Crippen LogP contribution in [-0.2, 0) is 10.0 Å². The first kappa shape index (κ1) is 20.9. The van der Waals surface area contributed by atoms with Crippen molar-refractivity contribution in [2.45, 2.75) is 11.3 Å². The molecule has 2 aromatic rings. The number of benzene rings is 2. The van der Waals surface area contributed by atoms with E-state index in [2.05, 4.69) is 10.0 Å². The number of sulfonamides is 1. The van der Waals surface area contributed by atoms with Crippen LogP contribution in [0.2, 0.25) is 0 Å². The molecule has 0 saturated heterocycles. The Morgan fingerprint density at radius 3 is 2.30 bits per heavy atom. The summed E-state index contributed by atoms with van der Waals surface area (Å²) in [7, 11) is 0.141. The molecule has 0 spiro atoms. The van der Waals surface area contributed by atoms with E-state index in [0.29, 0.717) is 13.0 Å². The van der Waals surface area contributed by atoms with Crippen LogP contribution in [-0.4, -0.2) is 46.4 Å². The van der Waals surface area contributed by atoms with Crippen molar-refractivity contribution in [1.82, 2.24) is 9.62 Å².